The van der Waals surface area contributed by atoms with E-state index in [0.29, 0.717) is 17.8 Å². The van der Waals surface area contributed by atoms with Crippen molar-refractivity contribution in [2.24, 2.45) is 29.6 Å². The van der Waals surface area contributed by atoms with Crippen LogP contribution in [0.3, 0.4) is 0 Å². The zero-order valence-electron chi connectivity index (χ0n) is 17.2. The van der Waals surface area contributed by atoms with Gasteiger partial charge in [0.25, 0.3) is 0 Å². The molecule has 6 rings (SSSR count). The van der Waals surface area contributed by atoms with Gasteiger partial charge >= 0.3 is 0 Å². The van der Waals surface area contributed by atoms with Crippen molar-refractivity contribution in [2.45, 2.75) is 83.7 Å². The fraction of sp³-hybridized carbons (Fsp3) is 0.760. The Morgan fingerprint density at radius 1 is 1.07 bits per heavy atom. The normalized spacial score (nSPS) is 38.2. The van der Waals surface area contributed by atoms with Crippen molar-refractivity contribution in [3.8, 4) is 5.75 Å². The molecule has 4 saturated carbocycles. The van der Waals surface area contributed by atoms with Crippen molar-refractivity contribution >= 4 is 0 Å². The van der Waals surface area contributed by atoms with Crippen LogP contribution in [0.15, 0.2) is 18.2 Å². The predicted molar refractivity (Wildman–Crippen MR) is 111 cm³/mol. The van der Waals surface area contributed by atoms with E-state index >= 15 is 0 Å². The number of fused-ring (bicyclic) bond motifs is 1. The lowest BCUT2D eigenvalue weighted by Gasteiger charge is -2.58. The Labute approximate surface area is 165 Å². The molecule has 0 spiro atoms. The molecule has 2 atom stereocenters. The van der Waals surface area contributed by atoms with Gasteiger partial charge in [-0.1, -0.05) is 19.1 Å². The lowest BCUT2D eigenvalue weighted by atomic mass is 9.50. The first-order valence-electron chi connectivity index (χ1n) is 11.7. The number of aromatic hydroxyl groups is 1. The van der Waals surface area contributed by atoms with E-state index in [2.05, 4.69) is 24.8 Å². The number of phenolic OH excluding ortho intramolecular Hbond substituents is 1. The third-order valence-corrected chi connectivity index (χ3v) is 8.77. The molecule has 1 aromatic rings. The number of hydrogen-bond acceptors (Lipinski definition) is 2. The summed E-state index contributed by atoms with van der Waals surface area (Å²) in [6.07, 6.45) is 12.3. The molecule has 0 aromatic heterocycles. The van der Waals surface area contributed by atoms with E-state index in [1.807, 2.05) is 12.1 Å². The quantitative estimate of drug-likeness (QED) is 0.751. The zero-order valence-corrected chi connectivity index (χ0v) is 17.2. The summed E-state index contributed by atoms with van der Waals surface area (Å²) in [5.41, 5.74) is 2.61. The highest BCUT2D eigenvalue weighted by atomic mass is 16.3. The number of phenols is 1. The third-order valence-electron chi connectivity index (χ3n) is 8.77. The molecule has 0 heterocycles. The van der Waals surface area contributed by atoms with Crippen molar-refractivity contribution < 1.29 is 5.11 Å². The number of rotatable bonds is 5. The molecule has 1 aromatic carbocycles. The van der Waals surface area contributed by atoms with E-state index < -0.39 is 0 Å². The second kappa shape index (κ2) is 7.10. The van der Waals surface area contributed by atoms with Gasteiger partial charge in [0.05, 0.1) is 0 Å². The van der Waals surface area contributed by atoms with Crippen molar-refractivity contribution in [1.29, 1.82) is 0 Å². The lowest BCUT2D eigenvalue weighted by Crippen LogP contribution is -2.56. The number of hydrogen-bond donors (Lipinski definition) is 1. The van der Waals surface area contributed by atoms with Gasteiger partial charge in [-0.25, -0.2) is 0 Å². The molecule has 2 heteroatoms. The molecule has 0 radical (unpaired) electrons. The molecular weight excluding hydrogens is 330 g/mol. The van der Waals surface area contributed by atoms with E-state index in [9.17, 15) is 5.11 Å². The minimum atomic E-state index is 0.524. The molecule has 5 aliphatic carbocycles. The average molecular weight is 368 g/mol. The average Bonchev–Trinajstić information content (AvgIpc) is 2.65. The first-order chi connectivity index (χ1) is 13.1. The van der Waals surface area contributed by atoms with Crippen LogP contribution in [-0.4, -0.2) is 28.6 Å². The number of nitrogens with zero attached hydrogens (tertiary/aromatic N) is 1. The topological polar surface area (TPSA) is 23.5 Å². The van der Waals surface area contributed by atoms with Crippen LogP contribution in [0, 0.1) is 29.6 Å². The molecule has 0 saturated heterocycles. The summed E-state index contributed by atoms with van der Waals surface area (Å²) >= 11 is 0. The second-order valence-corrected chi connectivity index (χ2v) is 10.3. The summed E-state index contributed by atoms with van der Waals surface area (Å²) in [7, 11) is 0. The summed E-state index contributed by atoms with van der Waals surface area (Å²) in [5.74, 6) is 5.58. The first kappa shape index (κ1) is 18.0. The maximum absolute atomic E-state index is 10.4. The minimum Gasteiger partial charge on any atom is -0.508 e. The molecule has 2 unspecified atom stereocenters. The summed E-state index contributed by atoms with van der Waals surface area (Å²) in [4.78, 5) is 2.88. The van der Waals surface area contributed by atoms with Crippen molar-refractivity contribution in [2.75, 3.05) is 6.54 Å². The highest BCUT2D eigenvalue weighted by Gasteiger charge is 2.51. The minimum absolute atomic E-state index is 0.524. The van der Waals surface area contributed by atoms with E-state index in [-0.39, 0.29) is 0 Å². The van der Waals surface area contributed by atoms with Crippen LogP contribution in [0.4, 0.5) is 0 Å². The summed E-state index contributed by atoms with van der Waals surface area (Å²) in [6, 6.07) is 7.42. The summed E-state index contributed by atoms with van der Waals surface area (Å²) in [6.45, 7) is 6.12. The van der Waals surface area contributed by atoms with Crippen LogP contribution in [0.1, 0.15) is 69.9 Å². The molecule has 5 aliphatic rings. The van der Waals surface area contributed by atoms with Gasteiger partial charge < -0.3 is 5.11 Å². The van der Waals surface area contributed by atoms with E-state index in [4.69, 9.17) is 0 Å². The fourth-order valence-electron chi connectivity index (χ4n) is 7.99. The molecule has 4 bridgehead atoms. The van der Waals surface area contributed by atoms with Gasteiger partial charge in [0.1, 0.15) is 5.75 Å². The van der Waals surface area contributed by atoms with Crippen LogP contribution < -0.4 is 0 Å². The lowest BCUT2D eigenvalue weighted by molar-refractivity contribution is -0.0779. The highest BCUT2D eigenvalue weighted by molar-refractivity contribution is 5.41. The van der Waals surface area contributed by atoms with Crippen molar-refractivity contribution in [1.82, 2.24) is 4.90 Å². The number of benzene rings is 1. The van der Waals surface area contributed by atoms with Crippen LogP contribution >= 0.6 is 0 Å². The molecule has 27 heavy (non-hydrogen) atoms. The largest absolute Gasteiger partial charge is 0.508 e. The number of aryl methyl sites for hydroxylation is 1. The molecule has 0 amide bonds. The Morgan fingerprint density at radius 2 is 1.78 bits per heavy atom. The van der Waals surface area contributed by atoms with Gasteiger partial charge in [0, 0.05) is 12.1 Å². The molecule has 0 aliphatic heterocycles. The molecule has 4 fully saturated rings. The Kier molecular flexibility index (Phi) is 4.74. The Hall–Kier alpha value is -1.02. The van der Waals surface area contributed by atoms with Crippen LogP contribution in [0.5, 0.6) is 5.75 Å². The SMILES string of the molecule is CCCN(C1CCc2cccc(O)c2C1)C(C)C1C2CC3CC(C2)CC1C3. The Balaban J connectivity index is 1.37. The highest BCUT2D eigenvalue weighted by Crippen LogP contribution is 2.58. The van der Waals surface area contributed by atoms with Gasteiger partial charge in [-0.2, -0.15) is 0 Å². The van der Waals surface area contributed by atoms with Gasteiger partial charge in [0.2, 0.25) is 0 Å². The predicted octanol–water partition coefficient (Wildman–Crippen LogP) is 5.42. The molecule has 2 nitrogen and oxygen atoms in total. The van der Waals surface area contributed by atoms with Gasteiger partial charge in [-0.05, 0) is 118 Å². The fourth-order valence-corrected chi connectivity index (χ4v) is 7.99. The third kappa shape index (κ3) is 3.12. The van der Waals surface area contributed by atoms with Crippen LogP contribution in [0.2, 0.25) is 0 Å². The maximum Gasteiger partial charge on any atom is 0.119 e. The van der Waals surface area contributed by atoms with Crippen molar-refractivity contribution in [3.05, 3.63) is 29.3 Å². The van der Waals surface area contributed by atoms with Crippen molar-refractivity contribution in [3.63, 3.8) is 0 Å². The maximum atomic E-state index is 10.4. The van der Waals surface area contributed by atoms with Crippen LogP contribution in [0.25, 0.3) is 0 Å². The van der Waals surface area contributed by atoms with Gasteiger partial charge in [-0.15, -0.1) is 0 Å². The smallest absolute Gasteiger partial charge is 0.119 e. The summed E-state index contributed by atoms with van der Waals surface area (Å²) in [5, 5.41) is 10.4. The molecular formula is C25H37NO. The first-order valence-corrected chi connectivity index (χ1v) is 11.7. The van der Waals surface area contributed by atoms with E-state index in [0.717, 1.165) is 42.4 Å². The standard InChI is InChI=1S/C25H37NO/c1-3-9-26(22-8-7-19-5-4-6-24(27)23(19)15-22)16(2)25-20-11-17-10-18(13-20)14-21(25)12-17/h4-6,16-18,20-22,25,27H,3,7-15H2,1-2H3. The van der Waals surface area contributed by atoms with E-state index in [1.54, 1.807) is 6.42 Å². The van der Waals surface area contributed by atoms with Crippen LogP contribution in [-0.2, 0) is 12.8 Å². The Morgan fingerprint density at radius 3 is 2.44 bits per heavy atom. The van der Waals surface area contributed by atoms with Gasteiger partial charge in [-0.3, -0.25) is 4.90 Å². The summed E-state index contributed by atoms with van der Waals surface area (Å²) < 4.78 is 0. The monoisotopic (exact) mass is 367 g/mol. The second-order valence-electron chi connectivity index (χ2n) is 10.3. The Bertz CT molecular complexity index is 655. The van der Waals surface area contributed by atoms with Gasteiger partial charge in [0.15, 0.2) is 0 Å². The zero-order chi connectivity index (χ0) is 18.5. The molecule has 1 N–H and O–H groups in total. The molecule has 148 valence electrons. The van der Waals surface area contributed by atoms with E-state index in [1.165, 1.54) is 56.2 Å².